The van der Waals surface area contributed by atoms with Crippen molar-refractivity contribution in [3.63, 3.8) is 0 Å². The number of likely N-dealkylation sites (tertiary alicyclic amines) is 1. The molecule has 1 aliphatic heterocycles. The first kappa shape index (κ1) is 16.9. The van der Waals surface area contributed by atoms with Crippen LogP contribution in [0.5, 0.6) is 0 Å². The third-order valence-corrected chi connectivity index (χ3v) is 3.75. The van der Waals surface area contributed by atoms with Gasteiger partial charge in [0.1, 0.15) is 0 Å². The number of nitrogens with one attached hydrogen (secondary N) is 3. The molecule has 0 spiro atoms. The van der Waals surface area contributed by atoms with Crippen LogP contribution in [0.1, 0.15) is 40.0 Å². The maximum absolute atomic E-state index is 12.1. The number of piperidine rings is 1. The van der Waals surface area contributed by atoms with Crippen molar-refractivity contribution in [3.05, 3.63) is 0 Å². The molecule has 116 valence electrons. The minimum atomic E-state index is -0.412. The third kappa shape index (κ3) is 5.09. The van der Waals surface area contributed by atoms with Crippen molar-refractivity contribution in [3.8, 4) is 0 Å². The Morgan fingerprint density at radius 3 is 2.65 bits per heavy atom. The van der Waals surface area contributed by atoms with Gasteiger partial charge in [-0.3, -0.25) is 15.0 Å². The SMILES string of the molecule is CCNCC1CCCCN1C(C)C(=O)NC(=O)NCC. The maximum Gasteiger partial charge on any atom is 0.321 e. The van der Waals surface area contributed by atoms with E-state index in [1.807, 2.05) is 13.8 Å². The zero-order valence-corrected chi connectivity index (χ0v) is 12.9. The molecule has 1 fully saturated rings. The standard InChI is InChI=1S/C14H28N4O2/c1-4-15-10-12-8-6-7-9-18(12)11(3)13(19)17-14(20)16-5-2/h11-12,15H,4-10H2,1-3H3,(H2,16,17,19,20). The van der Waals surface area contributed by atoms with Gasteiger partial charge in [-0.25, -0.2) is 4.79 Å². The Balaban J connectivity index is 2.55. The van der Waals surface area contributed by atoms with E-state index in [0.717, 1.165) is 32.5 Å². The lowest BCUT2D eigenvalue weighted by atomic mass is 9.99. The molecule has 1 heterocycles. The number of likely N-dealkylation sites (N-methyl/N-ethyl adjacent to an activating group) is 1. The molecule has 1 rings (SSSR count). The van der Waals surface area contributed by atoms with Gasteiger partial charge in [0.05, 0.1) is 6.04 Å². The molecule has 6 nitrogen and oxygen atoms in total. The summed E-state index contributed by atoms with van der Waals surface area (Å²) in [6, 6.07) is -0.315. The molecule has 1 saturated heterocycles. The fourth-order valence-electron chi connectivity index (χ4n) is 2.63. The highest BCUT2D eigenvalue weighted by Crippen LogP contribution is 2.19. The van der Waals surface area contributed by atoms with E-state index >= 15 is 0 Å². The van der Waals surface area contributed by atoms with Gasteiger partial charge in [0.15, 0.2) is 0 Å². The van der Waals surface area contributed by atoms with Crippen LogP contribution in [-0.2, 0) is 4.79 Å². The molecule has 0 saturated carbocycles. The van der Waals surface area contributed by atoms with Gasteiger partial charge in [-0.05, 0) is 39.8 Å². The van der Waals surface area contributed by atoms with Gasteiger partial charge in [0.25, 0.3) is 0 Å². The summed E-state index contributed by atoms with van der Waals surface area (Å²) in [7, 11) is 0. The zero-order chi connectivity index (χ0) is 15.0. The molecule has 0 aromatic rings. The summed E-state index contributed by atoms with van der Waals surface area (Å²) in [5.74, 6) is -0.223. The van der Waals surface area contributed by atoms with Gasteiger partial charge in [-0.15, -0.1) is 0 Å². The van der Waals surface area contributed by atoms with Crippen LogP contribution in [0, 0.1) is 0 Å². The predicted molar refractivity (Wildman–Crippen MR) is 79.6 cm³/mol. The van der Waals surface area contributed by atoms with Gasteiger partial charge < -0.3 is 10.6 Å². The number of nitrogens with zero attached hydrogens (tertiary/aromatic N) is 1. The number of rotatable bonds is 6. The van der Waals surface area contributed by atoms with Crippen molar-refractivity contribution in [2.45, 2.75) is 52.1 Å². The Labute approximate surface area is 121 Å². The Morgan fingerprint density at radius 1 is 1.25 bits per heavy atom. The number of hydrogen-bond donors (Lipinski definition) is 3. The first-order valence-electron chi connectivity index (χ1n) is 7.65. The van der Waals surface area contributed by atoms with E-state index in [1.54, 1.807) is 0 Å². The summed E-state index contributed by atoms with van der Waals surface area (Å²) in [6.07, 6.45) is 3.42. The molecule has 1 aliphatic rings. The second-order valence-corrected chi connectivity index (χ2v) is 5.22. The molecule has 20 heavy (non-hydrogen) atoms. The summed E-state index contributed by atoms with van der Waals surface area (Å²) in [5, 5.41) is 8.33. The molecule has 3 N–H and O–H groups in total. The zero-order valence-electron chi connectivity index (χ0n) is 12.9. The van der Waals surface area contributed by atoms with Crippen molar-refractivity contribution in [2.24, 2.45) is 0 Å². The third-order valence-electron chi connectivity index (χ3n) is 3.75. The smallest absolute Gasteiger partial charge is 0.321 e. The largest absolute Gasteiger partial charge is 0.338 e. The number of carbonyl (C=O) groups is 2. The van der Waals surface area contributed by atoms with Crippen molar-refractivity contribution in [2.75, 3.05) is 26.2 Å². The summed E-state index contributed by atoms with van der Waals surface area (Å²) in [5.41, 5.74) is 0. The number of hydrogen-bond acceptors (Lipinski definition) is 4. The summed E-state index contributed by atoms with van der Waals surface area (Å²) in [4.78, 5) is 25.7. The molecule has 0 aromatic carbocycles. The molecule has 2 unspecified atom stereocenters. The highest BCUT2D eigenvalue weighted by molar-refractivity contribution is 5.96. The topological polar surface area (TPSA) is 73.5 Å². The summed E-state index contributed by atoms with van der Waals surface area (Å²) >= 11 is 0. The number of imide groups is 1. The van der Waals surface area contributed by atoms with Crippen LogP contribution in [-0.4, -0.2) is 55.1 Å². The van der Waals surface area contributed by atoms with Crippen LogP contribution in [0.3, 0.4) is 0 Å². The first-order valence-corrected chi connectivity index (χ1v) is 7.65. The lowest BCUT2D eigenvalue weighted by Gasteiger charge is -2.39. The van der Waals surface area contributed by atoms with Gasteiger partial charge in [0, 0.05) is 19.1 Å². The van der Waals surface area contributed by atoms with Gasteiger partial charge in [-0.1, -0.05) is 13.3 Å². The van der Waals surface area contributed by atoms with Crippen molar-refractivity contribution < 1.29 is 9.59 Å². The highest BCUT2D eigenvalue weighted by Gasteiger charge is 2.30. The molecule has 3 amide bonds. The van der Waals surface area contributed by atoms with Gasteiger partial charge in [-0.2, -0.15) is 0 Å². The molecule has 6 heteroatoms. The quantitative estimate of drug-likeness (QED) is 0.671. The van der Waals surface area contributed by atoms with Crippen LogP contribution in [0.2, 0.25) is 0 Å². The number of carbonyl (C=O) groups excluding carboxylic acids is 2. The number of urea groups is 1. The van der Waals surface area contributed by atoms with Crippen LogP contribution in [0.15, 0.2) is 0 Å². The maximum atomic E-state index is 12.1. The van der Waals surface area contributed by atoms with E-state index in [9.17, 15) is 9.59 Å². The Morgan fingerprint density at radius 2 is 2.00 bits per heavy atom. The molecule has 0 radical (unpaired) electrons. The van der Waals surface area contributed by atoms with E-state index < -0.39 is 6.03 Å². The van der Waals surface area contributed by atoms with Crippen LogP contribution in [0.25, 0.3) is 0 Å². The molecule has 0 aliphatic carbocycles. The molecule has 2 atom stereocenters. The van der Waals surface area contributed by atoms with E-state index in [4.69, 9.17) is 0 Å². The Kier molecular flexibility index (Phi) is 7.54. The highest BCUT2D eigenvalue weighted by atomic mass is 16.2. The minimum absolute atomic E-state index is 0.223. The van der Waals surface area contributed by atoms with Crippen molar-refractivity contribution in [1.29, 1.82) is 0 Å². The Bertz CT molecular complexity index is 322. The molecule has 0 bridgehead atoms. The molecular weight excluding hydrogens is 256 g/mol. The Hall–Kier alpha value is -1.14. The lowest BCUT2D eigenvalue weighted by molar-refractivity contribution is -0.126. The van der Waals surface area contributed by atoms with Gasteiger partial charge in [0.2, 0.25) is 5.91 Å². The minimum Gasteiger partial charge on any atom is -0.338 e. The van der Waals surface area contributed by atoms with Crippen LogP contribution < -0.4 is 16.0 Å². The van der Waals surface area contributed by atoms with Gasteiger partial charge >= 0.3 is 6.03 Å². The fraction of sp³-hybridized carbons (Fsp3) is 0.857. The van der Waals surface area contributed by atoms with Crippen LogP contribution >= 0.6 is 0 Å². The average Bonchev–Trinajstić information content (AvgIpc) is 2.44. The summed E-state index contributed by atoms with van der Waals surface area (Å²) in [6.45, 7) is 9.04. The van der Waals surface area contributed by atoms with E-state index in [0.29, 0.717) is 12.6 Å². The second-order valence-electron chi connectivity index (χ2n) is 5.22. The van der Waals surface area contributed by atoms with Crippen molar-refractivity contribution >= 4 is 11.9 Å². The first-order chi connectivity index (χ1) is 9.60. The predicted octanol–water partition coefficient (Wildman–Crippen LogP) is 0.685. The second kappa shape index (κ2) is 8.92. The molecular formula is C14H28N4O2. The fourth-order valence-corrected chi connectivity index (χ4v) is 2.63. The normalized spacial score (nSPS) is 21.2. The van der Waals surface area contributed by atoms with E-state index in [2.05, 4.69) is 27.8 Å². The lowest BCUT2D eigenvalue weighted by Crippen LogP contribution is -2.56. The number of amides is 3. The molecule has 0 aromatic heterocycles. The van der Waals surface area contributed by atoms with E-state index in [1.165, 1.54) is 6.42 Å². The average molecular weight is 284 g/mol. The van der Waals surface area contributed by atoms with Crippen LogP contribution in [0.4, 0.5) is 4.79 Å². The van der Waals surface area contributed by atoms with Crippen molar-refractivity contribution in [1.82, 2.24) is 20.9 Å². The summed E-state index contributed by atoms with van der Waals surface area (Å²) < 4.78 is 0. The van der Waals surface area contributed by atoms with E-state index in [-0.39, 0.29) is 11.9 Å². The monoisotopic (exact) mass is 284 g/mol.